The van der Waals surface area contributed by atoms with E-state index < -0.39 is 15.6 Å². The van der Waals surface area contributed by atoms with Crippen molar-refractivity contribution in [1.29, 1.82) is 0 Å². The lowest BCUT2D eigenvalue weighted by Crippen LogP contribution is -2.11. The van der Waals surface area contributed by atoms with Gasteiger partial charge in [0.15, 0.2) is 5.78 Å². The van der Waals surface area contributed by atoms with Crippen molar-refractivity contribution in [3.8, 4) is 0 Å². The van der Waals surface area contributed by atoms with Gasteiger partial charge in [-0.05, 0) is 12.1 Å². The molecule has 0 aliphatic rings. The molecular weight excluding hydrogens is 276 g/mol. The van der Waals surface area contributed by atoms with E-state index in [-0.39, 0.29) is 10.5 Å². The van der Waals surface area contributed by atoms with E-state index >= 15 is 0 Å². The van der Waals surface area contributed by atoms with E-state index in [1.54, 1.807) is 36.4 Å². The van der Waals surface area contributed by atoms with E-state index in [4.69, 9.17) is 5.53 Å². The predicted molar refractivity (Wildman–Crippen MR) is 73.2 cm³/mol. The number of ketones is 1. The molecule has 2 rings (SSSR count). The van der Waals surface area contributed by atoms with Crippen LogP contribution < -0.4 is 0 Å². The summed E-state index contributed by atoms with van der Waals surface area (Å²) >= 11 is 0. The Kier molecular flexibility index (Phi) is 3.89. The molecule has 0 atom stereocenters. The maximum atomic E-state index is 12.3. The van der Waals surface area contributed by atoms with Crippen LogP contribution in [0.25, 0.3) is 5.53 Å². The lowest BCUT2D eigenvalue weighted by Gasteiger charge is -2.05. The third-order valence-corrected chi connectivity index (χ3v) is 4.00. The minimum absolute atomic E-state index is 0.0404. The zero-order valence-corrected chi connectivity index (χ0v) is 11.1. The molecule has 0 aliphatic heterocycles. The molecule has 20 heavy (non-hydrogen) atoms. The molecule has 0 saturated heterocycles. The summed E-state index contributed by atoms with van der Waals surface area (Å²) in [5.41, 5.74) is 9.25. The van der Waals surface area contributed by atoms with Crippen LogP contribution >= 0.6 is 0 Å². The lowest BCUT2D eigenvalue weighted by molar-refractivity contribution is 0.00754. The summed E-state index contributed by atoms with van der Waals surface area (Å²) in [5.74, 6) is -0.406. The normalized spacial score (nSPS) is 10.6. The van der Waals surface area contributed by atoms with Crippen LogP contribution in [0.15, 0.2) is 59.5 Å². The SMILES string of the molecule is [N-]=[N+]=CS(=O)(=O)c1ccccc1C(=O)c1ccccc1. The fourth-order valence-corrected chi connectivity index (χ4v) is 2.74. The molecule has 2 aromatic rings. The summed E-state index contributed by atoms with van der Waals surface area (Å²) in [6, 6.07) is 14.2. The van der Waals surface area contributed by atoms with Crippen LogP contribution in [0, 0.1) is 0 Å². The fourth-order valence-electron chi connectivity index (χ4n) is 1.77. The number of sulfone groups is 1. The quantitative estimate of drug-likeness (QED) is 0.283. The van der Waals surface area contributed by atoms with Crippen LogP contribution in [0.4, 0.5) is 0 Å². The Morgan fingerprint density at radius 3 is 2.25 bits per heavy atom. The van der Waals surface area contributed by atoms with Gasteiger partial charge < -0.3 is 5.53 Å². The molecule has 6 heteroatoms. The van der Waals surface area contributed by atoms with Crippen LogP contribution in [0.2, 0.25) is 0 Å². The molecule has 0 amide bonds. The van der Waals surface area contributed by atoms with E-state index in [1.165, 1.54) is 18.2 Å². The van der Waals surface area contributed by atoms with Crippen molar-refractivity contribution < 1.29 is 18.0 Å². The van der Waals surface area contributed by atoms with Gasteiger partial charge in [0.05, 0.1) is 4.90 Å². The Morgan fingerprint density at radius 2 is 1.60 bits per heavy atom. The van der Waals surface area contributed by atoms with Crippen molar-refractivity contribution in [2.24, 2.45) is 0 Å². The topological polar surface area (TPSA) is 87.6 Å². The number of carbonyl (C=O) groups excluding carboxylic acids is 1. The van der Waals surface area contributed by atoms with Crippen molar-refractivity contribution in [2.75, 3.05) is 0 Å². The second-order valence-electron chi connectivity index (χ2n) is 3.96. The molecule has 0 spiro atoms. The third kappa shape index (κ3) is 2.71. The number of hydrogen-bond donors (Lipinski definition) is 0. The zero-order chi connectivity index (χ0) is 14.6. The Balaban J connectivity index is 2.60. The van der Waals surface area contributed by atoms with Crippen molar-refractivity contribution in [3.63, 3.8) is 0 Å². The highest BCUT2D eigenvalue weighted by atomic mass is 32.2. The Labute approximate surface area is 116 Å². The molecule has 100 valence electrons. The number of nitrogens with zero attached hydrogens (tertiary/aromatic N) is 2. The van der Waals surface area contributed by atoms with Crippen molar-refractivity contribution in [1.82, 2.24) is 0 Å². The molecule has 0 unspecified atom stereocenters. The summed E-state index contributed by atoms with van der Waals surface area (Å²) in [5, 5.41) is 0. The first-order valence-corrected chi connectivity index (χ1v) is 7.22. The van der Waals surface area contributed by atoms with Crippen molar-refractivity contribution in [3.05, 3.63) is 71.3 Å². The highest BCUT2D eigenvalue weighted by Crippen LogP contribution is 2.19. The molecular formula is C14H10N2O3S. The molecule has 0 bridgehead atoms. The summed E-state index contributed by atoms with van der Waals surface area (Å²) in [6.45, 7) is 0. The highest BCUT2D eigenvalue weighted by Gasteiger charge is 2.24. The summed E-state index contributed by atoms with van der Waals surface area (Å²) in [6.07, 6.45) is 0. The van der Waals surface area contributed by atoms with Gasteiger partial charge in [-0.1, -0.05) is 42.5 Å². The molecule has 0 aromatic heterocycles. The molecule has 0 radical (unpaired) electrons. The highest BCUT2D eigenvalue weighted by molar-refractivity contribution is 8.04. The minimum Gasteiger partial charge on any atom is -0.361 e. The molecule has 0 N–H and O–H groups in total. The Hall–Kier alpha value is -2.56. The van der Waals surface area contributed by atoms with Gasteiger partial charge in [-0.15, -0.1) is 0 Å². The summed E-state index contributed by atoms with van der Waals surface area (Å²) < 4.78 is 23.9. The van der Waals surface area contributed by atoms with Crippen molar-refractivity contribution >= 4 is 21.2 Å². The second-order valence-corrected chi connectivity index (χ2v) is 5.70. The largest absolute Gasteiger partial charge is 0.374 e. The van der Waals surface area contributed by atoms with Gasteiger partial charge in [0.2, 0.25) is 0 Å². The zero-order valence-electron chi connectivity index (χ0n) is 10.3. The van der Waals surface area contributed by atoms with E-state index in [0.717, 1.165) is 0 Å². The number of carbonyl (C=O) groups is 1. The number of benzene rings is 2. The fraction of sp³-hybridized carbons (Fsp3) is 0. The van der Waals surface area contributed by atoms with Crippen LogP contribution in [0.1, 0.15) is 15.9 Å². The van der Waals surface area contributed by atoms with Gasteiger partial charge >= 0.3 is 5.55 Å². The summed E-state index contributed by atoms with van der Waals surface area (Å²) in [4.78, 5) is 14.7. The van der Waals surface area contributed by atoms with E-state index in [1.807, 2.05) is 0 Å². The first-order chi connectivity index (χ1) is 9.56. The smallest absolute Gasteiger partial charge is 0.361 e. The molecule has 0 fully saturated rings. The van der Waals surface area contributed by atoms with Gasteiger partial charge in [-0.3, -0.25) is 4.79 Å². The monoisotopic (exact) mass is 286 g/mol. The van der Waals surface area contributed by atoms with Gasteiger partial charge in [-0.25, -0.2) is 8.42 Å². The van der Waals surface area contributed by atoms with Crippen molar-refractivity contribution in [2.45, 2.75) is 4.90 Å². The van der Waals surface area contributed by atoms with Gasteiger partial charge in [0.25, 0.3) is 9.84 Å². The molecule has 5 nitrogen and oxygen atoms in total. The maximum Gasteiger partial charge on any atom is 0.374 e. The summed E-state index contributed by atoms with van der Waals surface area (Å²) in [7, 11) is -3.96. The average molecular weight is 286 g/mol. The van der Waals surface area contributed by atoms with Crippen LogP contribution in [0.5, 0.6) is 0 Å². The van der Waals surface area contributed by atoms with Crippen LogP contribution in [0.3, 0.4) is 0 Å². The lowest BCUT2D eigenvalue weighted by atomic mass is 10.0. The predicted octanol–water partition coefficient (Wildman–Crippen LogP) is 1.95. The van der Waals surface area contributed by atoms with Gasteiger partial charge in [0, 0.05) is 11.1 Å². The molecule has 2 aromatic carbocycles. The van der Waals surface area contributed by atoms with Gasteiger partial charge in [0.1, 0.15) is 0 Å². The Bertz CT molecular complexity index is 792. The van der Waals surface area contributed by atoms with E-state index in [2.05, 4.69) is 4.79 Å². The molecule has 0 heterocycles. The first-order valence-electron chi connectivity index (χ1n) is 5.67. The first kappa shape index (κ1) is 13.9. The molecule has 0 aliphatic carbocycles. The van der Waals surface area contributed by atoms with E-state index in [0.29, 0.717) is 11.1 Å². The third-order valence-electron chi connectivity index (χ3n) is 2.66. The van der Waals surface area contributed by atoms with Crippen LogP contribution in [-0.2, 0) is 9.84 Å². The molecule has 0 saturated carbocycles. The Morgan fingerprint density at radius 1 is 1.00 bits per heavy atom. The van der Waals surface area contributed by atoms with E-state index in [9.17, 15) is 13.2 Å². The standard InChI is InChI=1S/C14H10N2O3S/c15-16-10-20(18,19)13-9-5-4-8-12(13)14(17)11-6-2-1-3-7-11/h1-10H. The second kappa shape index (κ2) is 5.61. The minimum atomic E-state index is -3.96. The van der Waals surface area contributed by atoms with Crippen LogP contribution in [-0.4, -0.2) is 24.5 Å². The average Bonchev–Trinajstić information content (AvgIpc) is 2.47. The van der Waals surface area contributed by atoms with Gasteiger partial charge in [-0.2, -0.15) is 4.79 Å². The number of rotatable bonds is 4. The maximum absolute atomic E-state index is 12.3. The number of hydrogen-bond acceptors (Lipinski definition) is 3.